The number of rotatable bonds is 2. The van der Waals surface area contributed by atoms with Crippen LogP contribution in [0.4, 0.5) is 8.78 Å². The van der Waals surface area contributed by atoms with Gasteiger partial charge in [0.1, 0.15) is 11.6 Å². The fourth-order valence-corrected chi connectivity index (χ4v) is 2.25. The summed E-state index contributed by atoms with van der Waals surface area (Å²) in [5.41, 5.74) is -0.582. The first-order chi connectivity index (χ1) is 9.97. The van der Waals surface area contributed by atoms with E-state index in [1.807, 2.05) is 0 Å². The van der Waals surface area contributed by atoms with Gasteiger partial charge in [-0.3, -0.25) is 4.57 Å². The third-order valence-electron chi connectivity index (χ3n) is 3.04. The van der Waals surface area contributed by atoms with E-state index in [1.165, 1.54) is 18.2 Å². The number of para-hydroxylation sites is 1. The minimum Gasteiger partial charge on any atom is -0.478 e. The van der Waals surface area contributed by atoms with Crippen molar-refractivity contribution in [1.82, 2.24) is 9.55 Å². The molecular formula is C14H8F2N2O3. The van der Waals surface area contributed by atoms with Gasteiger partial charge in [-0.2, -0.15) is 0 Å². The number of hydrogen-bond acceptors (Lipinski definition) is 2. The van der Waals surface area contributed by atoms with E-state index in [-0.39, 0.29) is 22.3 Å². The van der Waals surface area contributed by atoms with E-state index in [2.05, 4.69) is 4.98 Å². The van der Waals surface area contributed by atoms with Crippen LogP contribution in [0.1, 0.15) is 10.4 Å². The number of nitrogens with zero attached hydrogens (tertiary/aromatic N) is 1. The molecule has 2 aromatic carbocycles. The second-order valence-electron chi connectivity index (χ2n) is 4.40. The van der Waals surface area contributed by atoms with E-state index in [9.17, 15) is 23.5 Å². The molecule has 0 spiro atoms. The molecule has 0 saturated heterocycles. The lowest BCUT2D eigenvalue weighted by molar-refractivity contribution is 0.0698. The number of carboxylic acids is 1. The molecule has 3 aromatic rings. The van der Waals surface area contributed by atoms with Gasteiger partial charge in [0.15, 0.2) is 0 Å². The van der Waals surface area contributed by atoms with Gasteiger partial charge < -0.3 is 10.1 Å². The minimum atomic E-state index is -1.25. The average molecular weight is 290 g/mol. The van der Waals surface area contributed by atoms with Crippen molar-refractivity contribution in [1.29, 1.82) is 0 Å². The maximum atomic E-state index is 13.3. The highest BCUT2D eigenvalue weighted by Crippen LogP contribution is 2.21. The summed E-state index contributed by atoms with van der Waals surface area (Å²) in [6.45, 7) is 0. The van der Waals surface area contributed by atoms with E-state index in [1.54, 1.807) is 0 Å². The Morgan fingerprint density at radius 1 is 1.14 bits per heavy atom. The lowest BCUT2D eigenvalue weighted by atomic mass is 10.1. The molecule has 0 atom stereocenters. The van der Waals surface area contributed by atoms with Gasteiger partial charge in [-0.25, -0.2) is 18.4 Å². The van der Waals surface area contributed by atoms with Crippen LogP contribution in [0, 0.1) is 11.6 Å². The van der Waals surface area contributed by atoms with Crippen LogP contribution in [0.25, 0.3) is 16.7 Å². The smallest absolute Gasteiger partial charge is 0.337 e. The molecule has 0 bridgehead atoms. The van der Waals surface area contributed by atoms with Crippen LogP contribution in [0.15, 0.2) is 41.2 Å². The summed E-state index contributed by atoms with van der Waals surface area (Å²) in [6, 6.07) is 6.87. The highest BCUT2D eigenvalue weighted by molar-refractivity contribution is 6.01. The first kappa shape index (κ1) is 13.0. The Balaban J connectivity index is 2.44. The van der Waals surface area contributed by atoms with Gasteiger partial charge in [0.25, 0.3) is 0 Å². The van der Waals surface area contributed by atoms with Crippen molar-refractivity contribution in [2.75, 3.05) is 0 Å². The van der Waals surface area contributed by atoms with Gasteiger partial charge in [0, 0.05) is 6.07 Å². The summed E-state index contributed by atoms with van der Waals surface area (Å²) in [5, 5.41) is 9.20. The van der Waals surface area contributed by atoms with Crippen LogP contribution in [-0.4, -0.2) is 20.6 Å². The summed E-state index contributed by atoms with van der Waals surface area (Å²) in [6.07, 6.45) is 0. The molecular weight excluding hydrogens is 282 g/mol. The second kappa shape index (κ2) is 4.55. The molecule has 21 heavy (non-hydrogen) atoms. The van der Waals surface area contributed by atoms with Crippen molar-refractivity contribution < 1.29 is 18.7 Å². The van der Waals surface area contributed by atoms with Crippen molar-refractivity contribution in [2.45, 2.75) is 0 Å². The van der Waals surface area contributed by atoms with E-state index in [0.29, 0.717) is 6.07 Å². The molecule has 0 aliphatic carbocycles. The highest BCUT2D eigenvalue weighted by atomic mass is 19.1. The van der Waals surface area contributed by atoms with Gasteiger partial charge in [-0.05, 0) is 24.3 Å². The molecule has 1 heterocycles. The van der Waals surface area contributed by atoms with Crippen LogP contribution >= 0.6 is 0 Å². The van der Waals surface area contributed by atoms with Crippen molar-refractivity contribution in [3.63, 3.8) is 0 Å². The number of halogens is 2. The standard InChI is InChI=1S/C14H8F2N2O3/c15-7-4-8(16)6-9(5-7)18-12-10(13(19)20)2-1-3-11(12)17-14(18)21/h1-6H,(H,17,21)(H,19,20). The molecule has 5 nitrogen and oxygen atoms in total. The first-order valence-electron chi connectivity index (χ1n) is 5.91. The maximum Gasteiger partial charge on any atom is 0.337 e. The Labute approximate surface area is 116 Å². The van der Waals surface area contributed by atoms with Gasteiger partial charge >= 0.3 is 11.7 Å². The summed E-state index contributed by atoms with van der Waals surface area (Å²) < 4.78 is 27.6. The second-order valence-corrected chi connectivity index (χ2v) is 4.40. The number of aromatic amines is 1. The van der Waals surface area contributed by atoms with Crippen molar-refractivity contribution in [2.24, 2.45) is 0 Å². The number of hydrogen-bond donors (Lipinski definition) is 2. The lowest BCUT2D eigenvalue weighted by Crippen LogP contribution is -2.16. The van der Waals surface area contributed by atoms with Crippen LogP contribution in [0.5, 0.6) is 0 Å². The largest absolute Gasteiger partial charge is 0.478 e. The first-order valence-corrected chi connectivity index (χ1v) is 5.91. The van der Waals surface area contributed by atoms with Crippen molar-refractivity contribution in [3.05, 3.63) is 64.1 Å². The predicted octanol–water partition coefficient (Wildman–Crippen LogP) is 2.30. The molecule has 0 aliphatic rings. The summed E-state index contributed by atoms with van der Waals surface area (Å²) in [5.74, 6) is -2.97. The van der Waals surface area contributed by atoms with Crippen LogP contribution in [0.3, 0.4) is 0 Å². The van der Waals surface area contributed by atoms with E-state index >= 15 is 0 Å². The molecule has 0 radical (unpaired) electrons. The fourth-order valence-electron chi connectivity index (χ4n) is 2.25. The maximum absolute atomic E-state index is 13.3. The number of carbonyl (C=O) groups is 1. The lowest BCUT2D eigenvalue weighted by Gasteiger charge is -2.06. The van der Waals surface area contributed by atoms with E-state index < -0.39 is 23.3 Å². The Bertz CT molecular complexity index is 907. The van der Waals surface area contributed by atoms with Gasteiger partial charge in [0.05, 0.1) is 22.3 Å². The van der Waals surface area contributed by atoms with Gasteiger partial charge in [-0.1, -0.05) is 6.07 Å². The number of H-pyrrole nitrogens is 1. The Morgan fingerprint density at radius 3 is 2.43 bits per heavy atom. The quantitative estimate of drug-likeness (QED) is 0.760. The number of benzene rings is 2. The van der Waals surface area contributed by atoms with Crippen molar-refractivity contribution >= 4 is 17.0 Å². The number of fused-ring (bicyclic) bond motifs is 1. The molecule has 3 rings (SSSR count). The molecule has 106 valence electrons. The number of carboxylic acid groups (broad SMARTS) is 1. The number of nitrogens with one attached hydrogen (secondary N) is 1. The summed E-state index contributed by atoms with van der Waals surface area (Å²) in [7, 11) is 0. The minimum absolute atomic E-state index is 0.0556. The molecule has 7 heteroatoms. The van der Waals surface area contributed by atoms with Crippen LogP contribution in [-0.2, 0) is 0 Å². The third kappa shape index (κ3) is 2.08. The summed E-state index contributed by atoms with van der Waals surface area (Å²) in [4.78, 5) is 25.7. The normalized spacial score (nSPS) is 11.0. The van der Waals surface area contributed by atoms with Gasteiger partial charge in [-0.15, -0.1) is 0 Å². The van der Waals surface area contributed by atoms with Gasteiger partial charge in [0.2, 0.25) is 0 Å². The Hall–Kier alpha value is -2.96. The molecule has 0 amide bonds. The SMILES string of the molecule is O=C(O)c1cccc2[nH]c(=O)n(-c3cc(F)cc(F)c3)c12. The topological polar surface area (TPSA) is 75.1 Å². The zero-order chi connectivity index (χ0) is 15.1. The number of aromatic carboxylic acids is 1. The molecule has 1 aromatic heterocycles. The van der Waals surface area contributed by atoms with Crippen LogP contribution in [0.2, 0.25) is 0 Å². The Morgan fingerprint density at radius 2 is 1.81 bits per heavy atom. The predicted molar refractivity (Wildman–Crippen MR) is 70.8 cm³/mol. The highest BCUT2D eigenvalue weighted by Gasteiger charge is 2.17. The number of imidazole rings is 1. The monoisotopic (exact) mass is 290 g/mol. The summed E-state index contributed by atoms with van der Waals surface area (Å²) >= 11 is 0. The number of aromatic nitrogens is 2. The zero-order valence-electron chi connectivity index (χ0n) is 10.4. The molecule has 0 saturated carbocycles. The molecule has 0 unspecified atom stereocenters. The van der Waals surface area contributed by atoms with Crippen LogP contribution < -0.4 is 5.69 Å². The average Bonchev–Trinajstić information content (AvgIpc) is 2.72. The Kier molecular flexibility index (Phi) is 2.83. The van der Waals surface area contributed by atoms with E-state index in [4.69, 9.17) is 0 Å². The fraction of sp³-hybridized carbons (Fsp3) is 0. The molecule has 2 N–H and O–H groups in total. The zero-order valence-corrected chi connectivity index (χ0v) is 10.4. The van der Waals surface area contributed by atoms with E-state index in [0.717, 1.165) is 16.7 Å². The molecule has 0 aliphatic heterocycles. The molecule has 0 fully saturated rings. The third-order valence-corrected chi connectivity index (χ3v) is 3.04. The van der Waals surface area contributed by atoms with Crippen molar-refractivity contribution in [3.8, 4) is 5.69 Å².